The van der Waals surface area contributed by atoms with E-state index in [4.69, 9.17) is 22.4 Å². The number of anilines is 1. The van der Waals surface area contributed by atoms with Crippen LogP contribution in [0.2, 0.25) is 5.02 Å². The van der Waals surface area contributed by atoms with Crippen molar-refractivity contribution in [1.82, 2.24) is 0 Å². The molecule has 70 valence electrons. The Hall–Kier alpha value is -1.33. The average molecular weight is 203 g/mol. The molecule has 5 nitrogen and oxygen atoms in total. The van der Waals surface area contributed by atoms with Crippen LogP contribution < -0.4 is 5.73 Å². The number of nitro groups is 1. The van der Waals surface area contributed by atoms with Crippen molar-refractivity contribution in [1.29, 1.82) is 0 Å². The lowest BCUT2D eigenvalue weighted by atomic mass is 10.1. The van der Waals surface area contributed by atoms with Gasteiger partial charge in [-0.15, -0.1) is 0 Å². The minimum atomic E-state index is -0.593. The second-order valence-electron chi connectivity index (χ2n) is 2.42. The van der Waals surface area contributed by atoms with Crippen molar-refractivity contribution in [3.8, 4) is 0 Å². The summed E-state index contributed by atoms with van der Waals surface area (Å²) in [7, 11) is 0. The van der Waals surface area contributed by atoms with Crippen LogP contribution in [0.5, 0.6) is 0 Å². The first-order chi connectivity index (χ1) is 6.06. The number of hydrogen-bond acceptors (Lipinski definition) is 4. The van der Waals surface area contributed by atoms with Crippen LogP contribution in [0.1, 0.15) is 5.56 Å². The van der Waals surface area contributed by atoms with Crippen LogP contribution in [0.4, 0.5) is 11.4 Å². The Morgan fingerprint density at radius 3 is 2.69 bits per heavy atom. The zero-order chi connectivity index (χ0) is 10.0. The van der Waals surface area contributed by atoms with E-state index in [0.29, 0.717) is 0 Å². The molecule has 0 aliphatic rings. The summed E-state index contributed by atoms with van der Waals surface area (Å²) in [4.78, 5) is 9.76. The SMILES string of the molecule is Nc1c(Cl)cc([N+](=O)[O-])cc1CO. The van der Waals surface area contributed by atoms with Gasteiger partial charge < -0.3 is 10.8 Å². The summed E-state index contributed by atoms with van der Waals surface area (Å²) in [5.74, 6) is 0. The van der Waals surface area contributed by atoms with E-state index in [-0.39, 0.29) is 28.6 Å². The molecule has 0 fully saturated rings. The van der Waals surface area contributed by atoms with Gasteiger partial charge in [-0.25, -0.2) is 0 Å². The Morgan fingerprint density at radius 1 is 1.62 bits per heavy atom. The number of aliphatic hydroxyl groups is 1. The summed E-state index contributed by atoms with van der Waals surface area (Å²) in [6.45, 7) is -0.368. The minimum absolute atomic E-state index is 0.0817. The number of halogens is 1. The number of benzene rings is 1. The third kappa shape index (κ3) is 1.88. The normalized spacial score (nSPS) is 10.0. The highest BCUT2D eigenvalue weighted by molar-refractivity contribution is 6.33. The number of rotatable bonds is 2. The highest BCUT2D eigenvalue weighted by Gasteiger charge is 2.12. The fourth-order valence-electron chi connectivity index (χ4n) is 0.895. The summed E-state index contributed by atoms with van der Waals surface area (Å²) < 4.78 is 0. The quantitative estimate of drug-likeness (QED) is 0.430. The summed E-state index contributed by atoms with van der Waals surface area (Å²) in [6, 6.07) is 2.34. The molecule has 0 heterocycles. The maximum absolute atomic E-state index is 10.4. The number of hydrogen-bond donors (Lipinski definition) is 2. The summed E-state index contributed by atoms with van der Waals surface area (Å²) in [5, 5.41) is 19.2. The Kier molecular flexibility index (Phi) is 2.69. The molecule has 0 aliphatic heterocycles. The molecule has 3 N–H and O–H groups in total. The van der Waals surface area contributed by atoms with E-state index in [1.807, 2.05) is 0 Å². The van der Waals surface area contributed by atoms with Crippen LogP contribution in [0.3, 0.4) is 0 Å². The van der Waals surface area contributed by atoms with Crippen molar-refractivity contribution in [2.24, 2.45) is 0 Å². The van der Waals surface area contributed by atoms with Crippen molar-refractivity contribution in [3.63, 3.8) is 0 Å². The molecule has 1 rings (SSSR count). The van der Waals surface area contributed by atoms with E-state index in [0.717, 1.165) is 6.07 Å². The minimum Gasteiger partial charge on any atom is -0.397 e. The maximum Gasteiger partial charge on any atom is 0.271 e. The van der Waals surface area contributed by atoms with Gasteiger partial charge in [0.25, 0.3) is 5.69 Å². The van der Waals surface area contributed by atoms with Gasteiger partial charge in [0.15, 0.2) is 0 Å². The van der Waals surface area contributed by atoms with Crippen molar-refractivity contribution < 1.29 is 10.0 Å². The Morgan fingerprint density at radius 2 is 2.23 bits per heavy atom. The van der Waals surface area contributed by atoms with E-state index >= 15 is 0 Å². The molecule has 1 aromatic carbocycles. The number of nitro benzene ring substituents is 1. The number of nitrogens with zero attached hydrogens (tertiary/aromatic N) is 1. The van der Waals surface area contributed by atoms with Gasteiger partial charge >= 0.3 is 0 Å². The maximum atomic E-state index is 10.4. The monoisotopic (exact) mass is 202 g/mol. The molecular weight excluding hydrogens is 196 g/mol. The predicted octanol–water partition coefficient (Wildman–Crippen LogP) is 1.32. The standard InChI is InChI=1S/C7H7ClN2O3/c8-6-2-5(10(12)13)1-4(3-11)7(6)9/h1-2,11H,3,9H2. The largest absolute Gasteiger partial charge is 0.397 e. The molecule has 0 spiro atoms. The van der Waals surface area contributed by atoms with Crippen LogP contribution in [0, 0.1) is 10.1 Å². The first-order valence-electron chi connectivity index (χ1n) is 3.39. The zero-order valence-corrected chi connectivity index (χ0v) is 7.28. The van der Waals surface area contributed by atoms with Gasteiger partial charge in [-0.2, -0.15) is 0 Å². The molecule has 1 aromatic rings. The number of nitrogen functional groups attached to an aromatic ring is 1. The molecule has 0 aromatic heterocycles. The van der Waals surface area contributed by atoms with Crippen molar-refractivity contribution in [3.05, 3.63) is 32.8 Å². The van der Waals surface area contributed by atoms with Gasteiger partial charge in [-0.3, -0.25) is 10.1 Å². The fourth-order valence-corrected chi connectivity index (χ4v) is 1.13. The van der Waals surface area contributed by atoms with Gasteiger partial charge in [0.1, 0.15) is 0 Å². The summed E-state index contributed by atoms with van der Waals surface area (Å²) in [6.07, 6.45) is 0. The lowest BCUT2D eigenvalue weighted by molar-refractivity contribution is -0.384. The second kappa shape index (κ2) is 3.59. The molecule has 0 atom stereocenters. The van der Waals surface area contributed by atoms with Crippen LogP contribution >= 0.6 is 11.6 Å². The summed E-state index contributed by atoms with van der Waals surface area (Å²) in [5.41, 5.74) is 5.71. The Labute approximate surface area is 78.9 Å². The molecule has 6 heteroatoms. The van der Waals surface area contributed by atoms with Crippen LogP contribution in [0.15, 0.2) is 12.1 Å². The molecule has 0 aliphatic carbocycles. The topological polar surface area (TPSA) is 89.4 Å². The zero-order valence-electron chi connectivity index (χ0n) is 6.53. The van der Waals surface area contributed by atoms with E-state index in [9.17, 15) is 10.1 Å². The molecule has 0 saturated carbocycles. The lowest BCUT2D eigenvalue weighted by Crippen LogP contribution is -1.97. The first-order valence-corrected chi connectivity index (χ1v) is 3.77. The fraction of sp³-hybridized carbons (Fsp3) is 0.143. The van der Waals surface area contributed by atoms with Gasteiger partial charge in [0, 0.05) is 17.7 Å². The smallest absolute Gasteiger partial charge is 0.271 e. The average Bonchev–Trinajstić information content (AvgIpc) is 2.09. The number of non-ortho nitro benzene ring substituents is 1. The van der Waals surface area contributed by atoms with Crippen molar-refractivity contribution in [2.75, 3.05) is 5.73 Å². The van der Waals surface area contributed by atoms with Crippen molar-refractivity contribution >= 4 is 23.0 Å². The van der Waals surface area contributed by atoms with E-state index < -0.39 is 4.92 Å². The van der Waals surface area contributed by atoms with Crippen molar-refractivity contribution in [2.45, 2.75) is 6.61 Å². The molecular formula is C7H7ClN2O3. The van der Waals surface area contributed by atoms with Crippen LogP contribution in [-0.4, -0.2) is 10.0 Å². The molecule has 0 bridgehead atoms. The van der Waals surface area contributed by atoms with Crippen LogP contribution in [-0.2, 0) is 6.61 Å². The summed E-state index contributed by atoms with van der Waals surface area (Å²) >= 11 is 5.60. The Bertz CT molecular complexity index is 354. The molecule has 0 amide bonds. The van der Waals surface area contributed by atoms with E-state index in [1.54, 1.807) is 0 Å². The van der Waals surface area contributed by atoms with E-state index in [2.05, 4.69) is 0 Å². The molecule has 0 saturated heterocycles. The van der Waals surface area contributed by atoms with Gasteiger partial charge in [-0.05, 0) is 0 Å². The van der Waals surface area contributed by atoms with E-state index in [1.165, 1.54) is 6.07 Å². The first kappa shape index (κ1) is 9.76. The Balaban J connectivity index is 3.30. The molecule has 0 radical (unpaired) electrons. The van der Waals surface area contributed by atoms with Gasteiger partial charge in [0.2, 0.25) is 0 Å². The highest BCUT2D eigenvalue weighted by Crippen LogP contribution is 2.28. The second-order valence-corrected chi connectivity index (χ2v) is 2.82. The molecule has 13 heavy (non-hydrogen) atoms. The van der Waals surface area contributed by atoms with Gasteiger partial charge in [0.05, 0.1) is 22.2 Å². The number of aliphatic hydroxyl groups excluding tert-OH is 1. The van der Waals surface area contributed by atoms with Crippen LogP contribution in [0.25, 0.3) is 0 Å². The van der Waals surface area contributed by atoms with Gasteiger partial charge in [-0.1, -0.05) is 11.6 Å². The predicted molar refractivity (Wildman–Crippen MR) is 48.4 cm³/mol. The third-order valence-electron chi connectivity index (χ3n) is 1.58. The third-order valence-corrected chi connectivity index (χ3v) is 1.89. The molecule has 0 unspecified atom stereocenters. The lowest BCUT2D eigenvalue weighted by Gasteiger charge is -2.03. The highest BCUT2D eigenvalue weighted by atomic mass is 35.5. The number of nitrogens with two attached hydrogens (primary N) is 1.